The zero-order chi connectivity index (χ0) is 19.6. The molecule has 0 aliphatic rings. The summed E-state index contributed by atoms with van der Waals surface area (Å²) in [6.45, 7) is 5.80. The van der Waals surface area contributed by atoms with Crippen LogP contribution in [-0.4, -0.2) is 10.7 Å². The van der Waals surface area contributed by atoms with Crippen LogP contribution in [0.5, 0.6) is 0 Å². The molecule has 0 saturated carbocycles. The number of nitro benzene ring substituents is 1. The highest BCUT2D eigenvalue weighted by Gasteiger charge is 2.21. The van der Waals surface area contributed by atoms with Crippen molar-refractivity contribution in [1.82, 2.24) is 0 Å². The zero-order valence-corrected chi connectivity index (χ0v) is 15.4. The monoisotopic (exact) mass is 361 g/mol. The third-order valence-electron chi connectivity index (χ3n) is 4.43. The third-order valence-corrected chi connectivity index (χ3v) is 4.43. The Balaban J connectivity index is 2.08. The van der Waals surface area contributed by atoms with E-state index in [1.54, 1.807) is 48.7 Å². The normalized spacial score (nSPS) is 11.4. The van der Waals surface area contributed by atoms with Gasteiger partial charge in [-0.2, -0.15) is 0 Å². The Kier molecular flexibility index (Phi) is 5.03. The quantitative estimate of drug-likeness (QED) is 0.337. The molecule has 0 atom stereocenters. The maximum atomic E-state index is 12.8. The fourth-order valence-corrected chi connectivity index (χ4v) is 3.21. The minimum atomic E-state index is -0.527. The highest BCUT2D eigenvalue weighted by Crippen LogP contribution is 2.28. The summed E-state index contributed by atoms with van der Waals surface area (Å²) < 4.78 is 5.44. The van der Waals surface area contributed by atoms with Gasteiger partial charge in [-0.05, 0) is 49.6 Å². The van der Waals surface area contributed by atoms with Crippen LogP contribution in [0, 0.1) is 24.0 Å². The van der Waals surface area contributed by atoms with E-state index in [9.17, 15) is 14.9 Å². The summed E-state index contributed by atoms with van der Waals surface area (Å²) in [7, 11) is 0. The lowest BCUT2D eigenvalue weighted by molar-refractivity contribution is -0.385. The molecule has 2 aromatic carbocycles. The minimum absolute atomic E-state index is 0.0772. The SMILES string of the molecule is CC(=Cc1ccc([N+](=O)[O-])c(C(=O)c2ccccc2)c1)c1c(C)coc1C. The second kappa shape index (κ2) is 7.41. The van der Waals surface area contributed by atoms with Crippen molar-refractivity contribution >= 4 is 23.1 Å². The van der Waals surface area contributed by atoms with E-state index in [0.29, 0.717) is 5.56 Å². The number of hydrogen-bond donors (Lipinski definition) is 0. The number of ketones is 1. The van der Waals surface area contributed by atoms with Crippen molar-refractivity contribution in [2.24, 2.45) is 0 Å². The van der Waals surface area contributed by atoms with E-state index in [2.05, 4.69) is 0 Å². The molecule has 27 heavy (non-hydrogen) atoms. The van der Waals surface area contributed by atoms with Gasteiger partial charge in [0.25, 0.3) is 5.69 Å². The molecule has 0 radical (unpaired) electrons. The van der Waals surface area contributed by atoms with E-state index in [1.165, 1.54) is 6.07 Å². The van der Waals surface area contributed by atoms with Crippen molar-refractivity contribution in [3.05, 3.63) is 98.5 Å². The van der Waals surface area contributed by atoms with E-state index in [-0.39, 0.29) is 17.0 Å². The first-order valence-electron chi connectivity index (χ1n) is 8.50. The van der Waals surface area contributed by atoms with Crippen molar-refractivity contribution in [1.29, 1.82) is 0 Å². The zero-order valence-electron chi connectivity index (χ0n) is 15.4. The molecule has 0 aliphatic heterocycles. The van der Waals surface area contributed by atoms with Crippen LogP contribution in [-0.2, 0) is 0 Å². The number of carbonyl (C=O) groups is 1. The van der Waals surface area contributed by atoms with Crippen molar-refractivity contribution < 1.29 is 14.1 Å². The summed E-state index contributed by atoms with van der Waals surface area (Å²) in [4.78, 5) is 23.7. The maximum Gasteiger partial charge on any atom is 0.280 e. The molecule has 0 aliphatic carbocycles. The third kappa shape index (κ3) is 3.72. The molecule has 1 heterocycles. The first kappa shape index (κ1) is 18.3. The molecule has 0 unspecified atom stereocenters. The van der Waals surface area contributed by atoms with Crippen molar-refractivity contribution in [3.8, 4) is 0 Å². The van der Waals surface area contributed by atoms with E-state index in [0.717, 1.165) is 28.0 Å². The Morgan fingerprint density at radius 3 is 2.41 bits per heavy atom. The molecule has 0 fully saturated rings. The molecule has 136 valence electrons. The number of allylic oxidation sites excluding steroid dienone is 1. The van der Waals surface area contributed by atoms with E-state index < -0.39 is 4.92 Å². The Hall–Kier alpha value is -3.47. The second-order valence-electron chi connectivity index (χ2n) is 6.41. The van der Waals surface area contributed by atoms with Crippen LogP contribution in [0.2, 0.25) is 0 Å². The molecule has 0 saturated heterocycles. The topological polar surface area (TPSA) is 73.3 Å². The fraction of sp³-hybridized carbons (Fsp3) is 0.136. The Labute approximate surface area is 157 Å². The molecule has 0 bridgehead atoms. The Morgan fingerprint density at radius 2 is 1.81 bits per heavy atom. The minimum Gasteiger partial charge on any atom is -0.469 e. The molecular formula is C22H19NO4. The maximum absolute atomic E-state index is 12.8. The van der Waals surface area contributed by atoms with Crippen LogP contribution in [0.15, 0.2) is 59.2 Å². The number of nitro groups is 1. The number of furan rings is 1. The van der Waals surface area contributed by atoms with Gasteiger partial charge in [-0.3, -0.25) is 14.9 Å². The molecule has 0 spiro atoms. The predicted octanol–water partition coefficient (Wildman–Crippen LogP) is 5.60. The van der Waals surface area contributed by atoms with Gasteiger partial charge in [-0.25, -0.2) is 0 Å². The molecular weight excluding hydrogens is 342 g/mol. The van der Waals surface area contributed by atoms with Gasteiger partial charge in [0, 0.05) is 17.2 Å². The highest BCUT2D eigenvalue weighted by molar-refractivity contribution is 6.11. The molecule has 1 aromatic heterocycles. The smallest absolute Gasteiger partial charge is 0.280 e. The van der Waals surface area contributed by atoms with Gasteiger partial charge < -0.3 is 4.42 Å². The molecule has 5 nitrogen and oxygen atoms in total. The van der Waals surface area contributed by atoms with Crippen LogP contribution in [0.3, 0.4) is 0 Å². The number of rotatable bonds is 5. The van der Waals surface area contributed by atoms with Gasteiger partial charge in [0.15, 0.2) is 5.78 Å². The fourth-order valence-electron chi connectivity index (χ4n) is 3.21. The summed E-state index contributed by atoms with van der Waals surface area (Å²) >= 11 is 0. The van der Waals surface area contributed by atoms with Gasteiger partial charge in [-0.1, -0.05) is 36.4 Å². The van der Waals surface area contributed by atoms with Crippen molar-refractivity contribution in [3.63, 3.8) is 0 Å². The highest BCUT2D eigenvalue weighted by atomic mass is 16.6. The van der Waals surface area contributed by atoms with Crippen molar-refractivity contribution in [2.45, 2.75) is 20.8 Å². The van der Waals surface area contributed by atoms with Gasteiger partial charge in [-0.15, -0.1) is 0 Å². The van der Waals surface area contributed by atoms with Crippen LogP contribution in [0.1, 0.15) is 45.3 Å². The average Bonchev–Trinajstić information content (AvgIpc) is 3.00. The Bertz CT molecular complexity index is 1030. The summed E-state index contributed by atoms with van der Waals surface area (Å²) in [5.41, 5.74) is 4.00. The number of aryl methyl sites for hydroxylation is 2. The van der Waals surface area contributed by atoms with Crippen LogP contribution in [0.25, 0.3) is 11.6 Å². The lowest BCUT2D eigenvalue weighted by Gasteiger charge is -2.06. The summed E-state index contributed by atoms with van der Waals surface area (Å²) in [6.07, 6.45) is 3.60. The molecule has 3 aromatic rings. The van der Waals surface area contributed by atoms with E-state index in [1.807, 2.05) is 26.8 Å². The van der Waals surface area contributed by atoms with E-state index >= 15 is 0 Å². The number of carbonyl (C=O) groups excluding carboxylic acids is 1. The second-order valence-corrected chi connectivity index (χ2v) is 6.41. The molecule has 0 amide bonds. The lowest BCUT2D eigenvalue weighted by atomic mass is 9.97. The summed E-state index contributed by atoms with van der Waals surface area (Å²) in [5, 5.41) is 11.4. The van der Waals surface area contributed by atoms with Gasteiger partial charge in [0.1, 0.15) is 11.3 Å². The first-order valence-corrected chi connectivity index (χ1v) is 8.50. The summed E-state index contributed by atoms with van der Waals surface area (Å²) in [5.74, 6) is 0.439. The van der Waals surface area contributed by atoms with Crippen molar-refractivity contribution in [2.75, 3.05) is 0 Å². The average molecular weight is 361 g/mol. The number of nitrogens with zero attached hydrogens (tertiary/aromatic N) is 1. The summed E-state index contributed by atoms with van der Waals surface area (Å²) in [6, 6.07) is 13.2. The van der Waals surface area contributed by atoms with E-state index in [4.69, 9.17) is 4.42 Å². The first-order chi connectivity index (χ1) is 12.9. The Morgan fingerprint density at radius 1 is 1.11 bits per heavy atom. The van der Waals surface area contributed by atoms with Gasteiger partial charge in [0.05, 0.1) is 11.2 Å². The van der Waals surface area contributed by atoms with Crippen LogP contribution in [0.4, 0.5) is 5.69 Å². The number of benzene rings is 2. The largest absolute Gasteiger partial charge is 0.469 e. The molecule has 5 heteroatoms. The van der Waals surface area contributed by atoms with Crippen LogP contribution >= 0.6 is 0 Å². The van der Waals surface area contributed by atoms with Gasteiger partial charge >= 0.3 is 0 Å². The standard InChI is InChI=1S/C22H19NO4/c1-14(21-15(2)13-27-16(21)3)11-17-9-10-20(23(25)26)19(12-17)22(24)18-7-5-4-6-8-18/h4-13H,1-3H3. The number of hydrogen-bond acceptors (Lipinski definition) is 4. The van der Waals surface area contributed by atoms with Crippen LogP contribution < -0.4 is 0 Å². The molecule has 0 N–H and O–H groups in total. The van der Waals surface area contributed by atoms with Gasteiger partial charge in [0.2, 0.25) is 0 Å². The lowest BCUT2D eigenvalue weighted by Crippen LogP contribution is -2.05. The molecule has 3 rings (SSSR count). The predicted molar refractivity (Wildman–Crippen MR) is 105 cm³/mol.